The molecular weight excluding hydrogens is 519 g/mol. The van der Waals surface area contributed by atoms with Gasteiger partial charge in [0.1, 0.15) is 11.5 Å². The van der Waals surface area contributed by atoms with Crippen LogP contribution in [-0.4, -0.2) is 17.1 Å². The highest BCUT2D eigenvalue weighted by Gasteiger charge is 2.33. The predicted molar refractivity (Wildman–Crippen MR) is 141 cm³/mol. The molecule has 1 aliphatic rings. The Hall–Kier alpha value is -3.39. The highest BCUT2D eigenvalue weighted by Crippen LogP contribution is 2.31. The van der Waals surface area contributed by atoms with Gasteiger partial charge < -0.3 is 9.15 Å². The molecule has 0 bridgehead atoms. The molecule has 2 aromatic heterocycles. The minimum absolute atomic E-state index is 0.223. The molecule has 1 atom stereocenters. The lowest BCUT2D eigenvalue weighted by Crippen LogP contribution is -2.39. The van der Waals surface area contributed by atoms with Crippen LogP contribution in [0.25, 0.3) is 17.4 Å². The van der Waals surface area contributed by atoms with Crippen LogP contribution in [-0.2, 0) is 9.53 Å². The normalized spacial score (nSPS) is 15.6. The van der Waals surface area contributed by atoms with Crippen molar-refractivity contribution in [3.8, 4) is 11.3 Å². The Labute approximate surface area is 220 Å². The number of rotatable bonds is 5. The van der Waals surface area contributed by atoms with Gasteiger partial charge in [-0.2, -0.15) is 0 Å². The number of hydrogen-bond acceptors (Lipinski definition) is 6. The maximum Gasteiger partial charge on any atom is 0.338 e. The number of carbonyl (C=O) groups is 1. The van der Waals surface area contributed by atoms with Gasteiger partial charge in [-0.05, 0) is 49.7 Å². The van der Waals surface area contributed by atoms with Crippen molar-refractivity contribution in [3.63, 3.8) is 0 Å². The number of benzene rings is 2. The molecule has 2 aromatic carbocycles. The Morgan fingerprint density at radius 1 is 1.14 bits per heavy atom. The number of esters is 1. The fourth-order valence-electron chi connectivity index (χ4n) is 4.11. The average molecular weight is 539 g/mol. The number of ether oxygens (including phenoxy) is 1. The molecule has 6 nitrogen and oxygen atoms in total. The molecular formula is C27H20Cl2N2O4S. The molecule has 0 saturated carbocycles. The maximum atomic E-state index is 13.6. The maximum absolute atomic E-state index is 13.6. The SMILES string of the molecule is CCOC(=O)C1=C(C)N=c2sc(=Cc3ccc(-c4ccc(Cl)c(Cl)c4)o3)c(=O)n2C1c1ccccc1. The summed E-state index contributed by atoms with van der Waals surface area (Å²) in [7, 11) is 0. The van der Waals surface area contributed by atoms with Crippen molar-refractivity contribution in [1.29, 1.82) is 0 Å². The lowest BCUT2D eigenvalue weighted by Gasteiger charge is -2.24. The topological polar surface area (TPSA) is 73.8 Å². The standard InChI is InChI=1S/C27H20Cl2N2O4S/c1-3-34-26(33)23-15(2)30-27-31(24(23)16-7-5-4-6-8-16)25(32)22(36-27)14-18-10-12-21(35-18)17-9-11-19(28)20(29)13-17/h4-14,24H,3H2,1-2H3. The van der Waals surface area contributed by atoms with Crippen LogP contribution in [0.4, 0.5) is 0 Å². The number of allylic oxidation sites excluding steroid dienone is 1. The first-order chi connectivity index (χ1) is 17.4. The number of thiazole rings is 1. The Bertz CT molecular complexity index is 1680. The van der Waals surface area contributed by atoms with Crippen molar-refractivity contribution in [3.05, 3.63) is 113 Å². The van der Waals surface area contributed by atoms with E-state index in [1.165, 1.54) is 11.3 Å². The zero-order valence-electron chi connectivity index (χ0n) is 19.3. The first-order valence-corrected chi connectivity index (χ1v) is 12.7. The molecule has 1 unspecified atom stereocenters. The molecule has 5 rings (SSSR count). The summed E-state index contributed by atoms with van der Waals surface area (Å²) in [6.07, 6.45) is 1.68. The lowest BCUT2D eigenvalue weighted by atomic mass is 9.96. The van der Waals surface area contributed by atoms with Crippen LogP contribution in [0.2, 0.25) is 10.0 Å². The van der Waals surface area contributed by atoms with Crippen molar-refractivity contribution in [2.24, 2.45) is 4.99 Å². The van der Waals surface area contributed by atoms with Gasteiger partial charge in [-0.1, -0.05) is 64.9 Å². The van der Waals surface area contributed by atoms with Crippen LogP contribution in [0.1, 0.15) is 31.2 Å². The van der Waals surface area contributed by atoms with Gasteiger partial charge >= 0.3 is 5.97 Å². The van der Waals surface area contributed by atoms with Crippen LogP contribution in [0.5, 0.6) is 0 Å². The summed E-state index contributed by atoms with van der Waals surface area (Å²) in [6, 6.07) is 17.6. The smallest absolute Gasteiger partial charge is 0.338 e. The third-order valence-electron chi connectivity index (χ3n) is 5.74. The summed E-state index contributed by atoms with van der Waals surface area (Å²) in [5.41, 5.74) is 2.16. The van der Waals surface area contributed by atoms with E-state index in [2.05, 4.69) is 4.99 Å². The predicted octanol–water partition coefficient (Wildman–Crippen LogP) is 5.37. The van der Waals surface area contributed by atoms with Crippen molar-refractivity contribution in [1.82, 2.24) is 4.57 Å². The Morgan fingerprint density at radius 3 is 2.64 bits per heavy atom. The molecule has 4 aromatic rings. The number of nitrogens with zero attached hydrogens (tertiary/aromatic N) is 2. The van der Waals surface area contributed by atoms with Gasteiger partial charge in [0.15, 0.2) is 4.80 Å². The molecule has 9 heteroatoms. The number of carbonyl (C=O) groups excluding carboxylic acids is 1. The van der Waals surface area contributed by atoms with Crippen molar-refractivity contribution < 1.29 is 13.9 Å². The second-order valence-corrected chi connectivity index (χ2v) is 9.87. The summed E-state index contributed by atoms with van der Waals surface area (Å²) in [6.45, 7) is 3.73. The Balaban J connectivity index is 1.62. The second kappa shape index (κ2) is 9.93. The summed E-state index contributed by atoms with van der Waals surface area (Å²) in [5, 5.41) is 0.882. The Kier molecular flexibility index (Phi) is 6.71. The van der Waals surface area contributed by atoms with E-state index >= 15 is 0 Å². The number of fused-ring (bicyclic) bond motifs is 1. The minimum atomic E-state index is -0.646. The number of aromatic nitrogens is 1. The molecule has 0 saturated heterocycles. The van der Waals surface area contributed by atoms with Crippen molar-refractivity contribution in [2.45, 2.75) is 19.9 Å². The summed E-state index contributed by atoms with van der Waals surface area (Å²) < 4.78 is 13.3. The van der Waals surface area contributed by atoms with Crippen molar-refractivity contribution in [2.75, 3.05) is 6.61 Å². The quantitative estimate of drug-likeness (QED) is 0.320. The highest BCUT2D eigenvalue weighted by molar-refractivity contribution is 7.07. The van der Waals surface area contributed by atoms with E-state index in [4.69, 9.17) is 32.4 Å². The summed E-state index contributed by atoms with van der Waals surface area (Å²) in [4.78, 5) is 31.6. The molecule has 0 N–H and O–H groups in total. The van der Waals surface area contributed by atoms with Gasteiger partial charge in [-0.3, -0.25) is 9.36 Å². The third-order valence-corrected chi connectivity index (χ3v) is 7.46. The van der Waals surface area contributed by atoms with E-state index in [1.54, 1.807) is 48.8 Å². The second-order valence-electron chi connectivity index (χ2n) is 8.04. The van der Waals surface area contributed by atoms with E-state index in [0.717, 1.165) is 11.1 Å². The fourth-order valence-corrected chi connectivity index (χ4v) is 5.43. The van der Waals surface area contributed by atoms with E-state index in [-0.39, 0.29) is 12.2 Å². The van der Waals surface area contributed by atoms with Gasteiger partial charge in [-0.15, -0.1) is 0 Å². The molecule has 3 heterocycles. The molecule has 1 aliphatic heterocycles. The molecule has 0 fully saturated rings. The lowest BCUT2D eigenvalue weighted by molar-refractivity contribution is -0.139. The van der Waals surface area contributed by atoms with Crippen molar-refractivity contribution >= 4 is 46.6 Å². The molecule has 0 aliphatic carbocycles. The summed E-state index contributed by atoms with van der Waals surface area (Å²) in [5.74, 6) is 0.605. The van der Waals surface area contributed by atoms with Gasteiger partial charge in [-0.25, -0.2) is 9.79 Å². The van der Waals surface area contributed by atoms with E-state index in [1.807, 2.05) is 36.4 Å². The fraction of sp³-hybridized carbons (Fsp3) is 0.148. The zero-order chi connectivity index (χ0) is 25.4. The molecule has 0 spiro atoms. The number of halogens is 2. The minimum Gasteiger partial charge on any atom is -0.463 e. The van der Waals surface area contributed by atoms with Crippen LogP contribution < -0.4 is 14.9 Å². The number of furan rings is 1. The van der Waals surface area contributed by atoms with E-state index in [0.29, 0.717) is 42.2 Å². The van der Waals surface area contributed by atoms with Crippen LogP contribution in [0.15, 0.2) is 86.1 Å². The monoisotopic (exact) mass is 538 g/mol. The number of hydrogen-bond donors (Lipinski definition) is 0. The largest absolute Gasteiger partial charge is 0.463 e. The molecule has 182 valence electrons. The van der Waals surface area contributed by atoms with Crippen LogP contribution in [0, 0.1) is 0 Å². The van der Waals surface area contributed by atoms with Gasteiger partial charge in [0, 0.05) is 11.6 Å². The molecule has 0 amide bonds. The third kappa shape index (κ3) is 4.46. The zero-order valence-corrected chi connectivity index (χ0v) is 21.7. The van der Waals surface area contributed by atoms with E-state index in [9.17, 15) is 9.59 Å². The van der Waals surface area contributed by atoms with Gasteiger partial charge in [0.05, 0.1) is 38.5 Å². The summed E-state index contributed by atoms with van der Waals surface area (Å²) >= 11 is 13.4. The Morgan fingerprint density at radius 2 is 1.92 bits per heavy atom. The highest BCUT2D eigenvalue weighted by atomic mass is 35.5. The van der Waals surface area contributed by atoms with Gasteiger partial charge in [0.25, 0.3) is 5.56 Å². The van der Waals surface area contributed by atoms with Gasteiger partial charge in [0.2, 0.25) is 0 Å². The first-order valence-electron chi connectivity index (χ1n) is 11.2. The van der Waals surface area contributed by atoms with E-state index < -0.39 is 12.0 Å². The average Bonchev–Trinajstić information content (AvgIpc) is 3.45. The molecule has 36 heavy (non-hydrogen) atoms. The van der Waals surface area contributed by atoms with Crippen LogP contribution in [0.3, 0.4) is 0 Å². The van der Waals surface area contributed by atoms with Crippen LogP contribution >= 0.6 is 34.5 Å². The first kappa shape index (κ1) is 24.3. The molecule has 0 radical (unpaired) electrons.